The van der Waals surface area contributed by atoms with E-state index in [1.807, 2.05) is 0 Å². The van der Waals surface area contributed by atoms with Crippen LogP contribution in [0.15, 0.2) is 6.07 Å². The van der Waals surface area contributed by atoms with E-state index in [0.717, 1.165) is 83.9 Å². The summed E-state index contributed by atoms with van der Waals surface area (Å²) in [5, 5.41) is 5.11. The molecular formula is C22H33N5O2. The molecule has 2 aromatic heterocycles. The lowest BCUT2D eigenvalue weighted by Crippen LogP contribution is -2.48. The van der Waals surface area contributed by atoms with E-state index in [-0.39, 0.29) is 0 Å². The Labute approximate surface area is 173 Å². The second-order valence-electron chi connectivity index (χ2n) is 8.62. The van der Waals surface area contributed by atoms with Crippen molar-refractivity contribution in [1.29, 1.82) is 0 Å². The van der Waals surface area contributed by atoms with Crippen LogP contribution in [0.5, 0.6) is 0 Å². The molecule has 0 atom stereocenters. The molecule has 0 radical (unpaired) electrons. The highest BCUT2D eigenvalue weighted by molar-refractivity contribution is 5.59. The van der Waals surface area contributed by atoms with E-state index >= 15 is 0 Å². The van der Waals surface area contributed by atoms with Crippen molar-refractivity contribution < 1.29 is 9.47 Å². The molecule has 4 heterocycles. The molecule has 158 valence electrons. The summed E-state index contributed by atoms with van der Waals surface area (Å²) >= 11 is 0. The highest BCUT2D eigenvalue weighted by Gasteiger charge is 2.27. The predicted molar refractivity (Wildman–Crippen MR) is 113 cm³/mol. The van der Waals surface area contributed by atoms with Gasteiger partial charge in [-0.05, 0) is 38.5 Å². The average Bonchev–Trinajstić information content (AvgIpc) is 3.21. The van der Waals surface area contributed by atoms with E-state index in [0.29, 0.717) is 5.92 Å². The Hall–Kier alpha value is -1.70. The predicted octanol–water partition coefficient (Wildman–Crippen LogP) is 2.27. The molecule has 0 unspecified atom stereocenters. The van der Waals surface area contributed by atoms with Gasteiger partial charge in [0.25, 0.3) is 0 Å². The highest BCUT2D eigenvalue weighted by atomic mass is 16.5. The monoisotopic (exact) mass is 399 g/mol. The van der Waals surface area contributed by atoms with Gasteiger partial charge in [0.1, 0.15) is 5.82 Å². The van der Waals surface area contributed by atoms with Crippen LogP contribution in [0.4, 0.5) is 5.82 Å². The lowest BCUT2D eigenvalue weighted by molar-refractivity contribution is 0.0844. The molecule has 0 aromatic carbocycles. The van der Waals surface area contributed by atoms with Crippen molar-refractivity contribution in [3.8, 4) is 0 Å². The number of hydrogen-bond donors (Lipinski definition) is 0. The Balaban J connectivity index is 1.48. The first-order chi connectivity index (χ1) is 14.3. The zero-order valence-corrected chi connectivity index (χ0v) is 17.6. The number of fused-ring (bicyclic) bond motifs is 2. The third kappa shape index (κ3) is 3.88. The van der Waals surface area contributed by atoms with Crippen LogP contribution in [0.1, 0.15) is 48.6 Å². The fraction of sp³-hybridized carbons (Fsp3) is 0.727. The molecule has 2 fully saturated rings. The first-order valence-corrected chi connectivity index (χ1v) is 11.3. The molecule has 0 amide bonds. The average molecular weight is 400 g/mol. The molecule has 5 rings (SSSR count). The van der Waals surface area contributed by atoms with Crippen molar-refractivity contribution >= 4 is 11.5 Å². The third-order valence-electron chi connectivity index (χ3n) is 6.79. The molecule has 0 N–H and O–H groups in total. The second-order valence-corrected chi connectivity index (χ2v) is 8.62. The van der Waals surface area contributed by atoms with E-state index in [4.69, 9.17) is 19.6 Å². The maximum absolute atomic E-state index is 5.56. The molecule has 7 heteroatoms. The lowest BCUT2D eigenvalue weighted by Gasteiger charge is -2.37. The van der Waals surface area contributed by atoms with Crippen molar-refractivity contribution in [2.24, 2.45) is 0 Å². The van der Waals surface area contributed by atoms with Crippen molar-refractivity contribution in [2.45, 2.75) is 44.4 Å². The highest BCUT2D eigenvalue weighted by Crippen LogP contribution is 2.33. The SMILES string of the molecule is COCCN1CCN(c2c3c(nc4cc(C5CCOCC5)nn24)CCCC3)CC1. The summed E-state index contributed by atoms with van der Waals surface area (Å²) in [6.45, 7) is 7.76. The summed E-state index contributed by atoms with van der Waals surface area (Å²) in [5.41, 5.74) is 4.97. The van der Waals surface area contributed by atoms with E-state index in [1.54, 1.807) is 7.11 Å². The van der Waals surface area contributed by atoms with Crippen molar-refractivity contribution in [3.05, 3.63) is 23.0 Å². The number of aromatic nitrogens is 3. The Morgan fingerprint density at radius 2 is 1.90 bits per heavy atom. The number of hydrogen-bond acceptors (Lipinski definition) is 6. The van der Waals surface area contributed by atoms with E-state index in [2.05, 4.69) is 20.4 Å². The molecule has 2 aromatic rings. The van der Waals surface area contributed by atoms with E-state index in [1.165, 1.54) is 35.6 Å². The molecule has 0 bridgehead atoms. The van der Waals surface area contributed by atoms with Crippen LogP contribution in [0.25, 0.3) is 5.65 Å². The van der Waals surface area contributed by atoms with Gasteiger partial charge >= 0.3 is 0 Å². The number of piperazine rings is 1. The fourth-order valence-corrected chi connectivity index (χ4v) is 5.07. The Bertz CT molecular complexity index is 837. The van der Waals surface area contributed by atoms with Crippen LogP contribution < -0.4 is 4.90 Å². The van der Waals surface area contributed by atoms with Gasteiger partial charge in [0.2, 0.25) is 0 Å². The molecule has 0 spiro atoms. The van der Waals surface area contributed by atoms with Crippen LogP contribution >= 0.6 is 0 Å². The minimum atomic E-state index is 0.501. The summed E-state index contributed by atoms with van der Waals surface area (Å²) in [6, 6.07) is 2.24. The van der Waals surface area contributed by atoms with Crippen molar-refractivity contribution in [2.75, 3.05) is 64.6 Å². The third-order valence-corrected chi connectivity index (χ3v) is 6.79. The Morgan fingerprint density at radius 1 is 1.10 bits per heavy atom. The van der Waals surface area contributed by atoms with Gasteiger partial charge in [-0.2, -0.15) is 9.61 Å². The molecule has 29 heavy (non-hydrogen) atoms. The van der Waals surface area contributed by atoms with Gasteiger partial charge in [-0.1, -0.05) is 0 Å². The minimum Gasteiger partial charge on any atom is -0.383 e. The van der Waals surface area contributed by atoms with Gasteiger partial charge in [-0.3, -0.25) is 4.90 Å². The van der Waals surface area contributed by atoms with Crippen LogP contribution in [0, 0.1) is 0 Å². The van der Waals surface area contributed by atoms with Gasteiger partial charge < -0.3 is 14.4 Å². The Morgan fingerprint density at radius 3 is 2.69 bits per heavy atom. The van der Waals surface area contributed by atoms with Gasteiger partial charge in [0.05, 0.1) is 12.3 Å². The van der Waals surface area contributed by atoms with Gasteiger partial charge in [-0.15, -0.1) is 0 Å². The second kappa shape index (κ2) is 8.58. The molecular weight excluding hydrogens is 366 g/mol. The van der Waals surface area contributed by atoms with E-state index < -0.39 is 0 Å². The molecule has 7 nitrogen and oxygen atoms in total. The standard InChI is InChI=1S/C22H33N5O2/c1-28-15-12-25-8-10-26(11-9-25)22-18-4-2-3-5-19(18)23-21-16-20(24-27(21)22)17-6-13-29-14-7-17/h16-17H,2-15H2,1H3. The largest absolute Gasteiger partial charge is 0.383 e. The summed E-state index contributed by atoms with van der Waals surface area (Å²) in [6.07, 6.45) is 6.87. The number of ether oxygens (including phenoxy) is 2. The van der Waals surface area contributed by atoms with Crippen molar-refractivity contribution in [3.63, 3.8) is 0 Å². The van der Waals surface area contributed by atoms with Gasteiger partial charge in [-0.25, -0.2) is 4.98 Å². The number of nitrogens with zero attached hydrogens (tertiary/aromatic N) is 5. The smallest absolute Gasteiger partial charge is 0.157 e. The van der Waals surface area contributed by atoms with Crippen LogP contribution in [0.2, 0.25) is 0 Å². The molecule has 3 aliphatic rings. The summed E-state index contributed by atoms with van der Waals surface area (Å²) in [7, 11) is 1.78. The van der Waals surface area contributed by atoms with Crippen molar-refractivity contribution in [1.82, 2.24) is 19.5 Å². The number of rotatable bonds is 5. The number of anilines is 1. The summed E-state index contributed by atoms with van der Waals surface area (Å²) in [5.74, 6) is 1.82. The fourth-order valence-electron chi connectivity index (χ4n) is 5.07. The first-order valence-electron chi connectivity index (χ1n) is 11.3. The number of methoxy groups -OCH3 is 1. The van der Waals surface area contributed by atoms with E-state index in [9.17, 15) is 0 Å². The maximum atomic E-state index is 5.56. The molecule has 1 aliphatic carbocycles. The molecule has 2 aliphatic heterocycles. The van der Waals surface area contributed by atoms with Crippen LogP contribution in [0.3, 0.4) is 0 Å². The van der Waals surface area contributed by atoms with Crippen LogP contribution in [-0.2, 0) is 22.3 Å². The van der Waals surface area contributed by atoms with Crippen LogP contribution in [-0.4, -0.2) is 79.2 Å². The zero-order chi connectivity index (χ0) is 19.6. The Kier molecular flexibility index (Phi) is 5.70. The summed E-state index contributed by atoms with van der Waals surface area (Å²) < 4.78 is 13.0. The first kappa shape index (κ1) is 19.3. The summed E-state index contributed by atoms with van der Waals surface area (Å²) in [4.78, 5) is 10.1. The lowest BCUT2D eigenvalue weighted by atomic mass is 9.95. The zero-order valence-electron chi connectivity index (χ0n) is 17.6. The molecule has 2 saturated heterocycles. The maximum Gasteiger partial charge on any atom is 0.157 e. The number of aryl methyl sites for hydroxylation is 1. The normalized spacial score (nSPS) is 21.6. The topological polar surface area (TPSA) is 55.1 Å². The van der Waals surface area contributed by atoms with Gasteiger partial charge in [0, 0.05) is 76.3 Å². The minimum absolute atomic E-state index is 0.501. The quantitative estimate of drug-likeness (QED) is 0.769. The van der Waals surface area contributed by atoms with Gasteiger partial charge in [0.15, 0.2) is 5.65 Å². The molecule has 0 saturated carbocycles.